The minimum absolute atomic E-state index is 0.181. The highest BCUT2D eigenvalue weighted by atomic mass is 16.5. The number of aryl methyl sites for hydroxylation is 1. The van der Waals surface area contributed by atoms with Gasteiger partial charge in [0.1, 0.15) is 5.75 Å². The number of nitrogens with zero attached hydrogens (tertiary/aromatic N) is 1. The number of rotatable bonds is 6. The normalized spacial score (nSPS) is 10.1. The molecule has 94 valence electrons. The summed E-state index contributed by atoms with van der Waals surface area (Å²) in [5.41, 5.74) is 1.14. The van der Waals surface area contributed by atoms with Crippen molar-refractivity contribution in [3.63, 3.8) is 0 Å². The molecule has 0 radical (unpaired) electrons. The Morgan fingerprint density at radius 2 is 2.06 bits per heavy atom. The van der Waals surface area contributed by atoms with Crippen LogP contribution in [0, 0.1) is 6.92 Å². The maximum atomic E-state index is 11.3. The van der Waals surface area contributed by atoms with Crippen molar-refractivity contribution in [1.29, 1.82) is 0 Å². The van der Waals surface area contributed by atoms with Gasteiger partial charge in [-0.05, 0) is 25.0 Å². The molecule has 3 nitrogen and oxygen atoms in total. The van der Waals surface area contributed by atoms with E-state index in [1.807, 2.05) is 45.2 Å². The molecule has 0 aromatic heterocycles. The zero-order valence-electron chi connectivity index (χ0n) is 10.9. The third-order valence-corrected chi connectivity index (χ3v) is 2.72. The van der Waals surface area contributed by atoms with E-state index in [1.54, 1.807) is 4.90 Å². The van der Waals surface area contributed by atoms with Crippen LogP contribution in [0.25, 0.3) is 0 Å². The molecule has 0 saturated heterocycles. The molecule has 1 rings (SSSR count). The lowest BCUT2D eigenvalue weighted by atomic mass is 10.2. The lowest BCUT2D eigenvalue weighted by Crippen LogP contribution is -2.27. The van der Waals surface area contributed by atoms with Gasteiger partial charge in [0.15, 0.2) is 0 Å². The van der Waals surface area contributed by atoms with Crippen molar-refractivity contribution in [2.24, 2.45) is 0 Å². The van der Waals surface area contributed by atoms with Crippen LogP contribution < -0.4 is 4.74 Å². The topological polar surface area (TPSA) is 29.5 Å². The molecule has 1 aromatic carbocycles. The maximum absolute atomic E-state index is 11.3. The first kappa shape index (κ1) is 13.6. The molecule has 0 aliphatic carbocycles. The van der Waals surface area contributed by atoms with Crippen molar-refractivity contribution >= 4 is 5.91 Å². The van der Waals surface area contributed by atoms with Crippen LogP contribution >= 0.6 is 0 Å². The van der Waals surface area contributed by atoms with E-state index in [-0.39, 0.29) is 5.91 Å². The van der Waals surface area contributed by atoms with Gasteiger partial charge in [0.05, 0.1) is 6.61 Å². The number of carbonyl (C=O) groups excluding carboxylic acids is 1. The van der Waals surface area contributed by atoms with Crippen LogP contribution in [0.4, 0.5) is 0 Å². The standard InChI is InChI=1S/C14H21NO2/c1-4-14(16)15(3)10-7-11-17-13-9-6-5-8-12(13)2/h5-6,8-9H,4,7,10-11H2,1-3H3. The van der Waals surface area contributed by atoms with Crippen molar-refractivity contribution < 1.29 is 9.53 Å². The number of benzene rings is 1. The monoisotopic (exact) mass is 235 g/mol. The lowest BCUT2D eigenvalue weighted by molar-refractivity contribution is -0.129. The summed E-state index contributed by atoms with van der Waals surface area (Å²) in [5, 5.41) is 0. The highest BCUT2D eigenvalue weighted by molar-refractivity contribution is 5.75. The molecule has 0 saturated carbocycles. The Morgan fingerprint density at radius 3 is 2.71 bits per heavy atom. The van der Waals surface area contributed by atoms with Gasteiger partial charge < -0.3 is 9.64 Å². The van der Waals surface area contributed by atoms with Gasteiger partial charge in [-0.2, -0.15) is 0 Å². The molecule has 0 aliphatic rings. The third kappa shape index (κ3) is 4.47. The number of ether oxygens (including phenoxy) is 1. The highest BCUT2D eigenvalue weighted by Crippen LogP contribution is 2.16. The Morgan fingerprint density at radius 1 is 1.35 bits per heavy atom. The fraction of sp³-hybridized carbons (Fsp3) is 0.500. The molecule has 0 N–H and O–H groups in total. The second kappa shape index (κ2) is 6.94. The van der Waals surface area contributed by atoms with Crippen molar-refractivity contribution in [1.82, 2.24) is 4.90 Å². The Bertz CT molecular complexity index is 363. The minimum atomic E-state index is 0.181. The molecule has 0 bridgehead atoms. The van der Waals surface area contributed by atoms with Crippen LogP contribution in [0.15, 0.2) is 24.3 Å². The van der Waals surface area contributed by atoms with Gasteiger partial charge in [-0.1, -0.05) is 25.1 Å². The first-order valence-corrected chi connectivity index (χ1v) is 6.07. The second-order valence-corrected chi connectivity index (χ2v) is 4.14. The number of hydrogen-bond acceptors (Lipinski definition) is 2. The summed E-state index contributed by atoms with van der Waals surface area (Å²) in [6.45, 7) is 5.30. The average Bonchev–Trinajstić information content (AvgIpc) is 2.35. The van der Waals surface area contributed by atoms with Gasteiger partial charge in [0.25, 0.3) is 0 Å². The van der Waals surface area contributed by atoms with E-state index >= 15 is 0 Å². The third-order valence-electron chi connectivity index (χ3n) is 2.72. The van der Waals surface area contributed by atoms with E-state index in [4.69, 9.17) is 4.74 Å². The fourth-order valence-electron chi connectivity index (χ4n) is 1.60. The molecule has 0 atom stereocenters. The number of carbonyl (C=O) groups is 1. The van der Waals surface area contributed by atoms with E-state index in [9.17, 15) is 4.79 Å². The van der Waals surface area contributed by atoms with Gasteiger partial charge in [0.2, 0.25) is 5.91 Å². The van der Waals surface area contributed by atoms with Crippen LogP contribution in [0.2, 0.25) is 0 Å². The van der Waals surface area contributed by atoms with E-state index in [1.165, 1.54) is 0 Å². The van der Waals surface area contributed by atoms with Crippen molar-refractivity contribution in [2.45, 2.75) is 26.7 Å². The van der Waals surface area contributed by atoms with Gasteiger partial charge in [-0.15, -0.1) is 0 Å². The summed E-state index contributed by atoms with van der Waals surface area (Å²) in [6.07, 6.45) is 1.42. The average molecular weight is 235 g/mol. The summed E-state index contributed by atoms with van der Waals surface area (Å²) in [7, 11) is 1.83. The Balaban J connectivity index is 2.25. The van der Waals surface area contributed by atoms with Gasteiger partial charge in [-0.25, -0.2) is 0 Å². The van der Waals surface area contributed by atoms with Crippen molar-refractivity contribution in [3.8, 4) is 5.75 Å². The van der Waals surface area contributed by atoms with Crippen LogP contribution in [0.5, 0.6) is 5.75 Å². The van der Waals surface area contributed by atoms with Crippen molar-refractivity contribution in [2.75, 3.05) is 20.2 Å². The van der Waals surface area contributed by atoms with Crippen molar-refractivity contribution in [3.05, 3.63) is 29.8 Å². The predicted octanol–water partition coefficient (Wildman–Crippen LogP) is 2.63. The zero-order chi connectivity index (χ0) is 12.7. The summed E-state index contributed by atoms with van der Waals surface area (Å²) in [4.78, 5) is 13.1. The molecule has 0 spiro atoms. The molecule has 17 heavy (non-hydrogen) atoms. The van der Waals surface area contributed by atoms with Crippen LogP contribution in [-0.4, -0.2) is 31.0 Å². The van der Waals surface area contributed by atoms with E-state index in [0.29, 0.717) is 13.0 Å². The number of hydrogen-bond donors (Lipinski definition) is 0. The Hall–Kier alpha value is -1.51. The smallest absolute Gasteiger partial charge is 0.222 e. The molecule has 3 heteroatoms. The van der Waals surface area contributed by atoms with E-state index in [2.05, 4.69) is 0 Å². The first-order chi connectivity index (χ1) is 8.15. The van der Waals surface area contributed by atoms with Crippen LogP contribution in [0.3, 0.4) is 0 Å². The summed E-state index contributed by atoms with van der Waals surface area (Å²) >= 11 is 0. The number of amides is 1. The SMILES string of the molecule is CCC(=O)N(C)CCCOc1ccccc1C. The molecular weight excluding hydrogens is 214 g/mol. The van der Waals surface area contributed by atoms with Gasteiger partial charge >= 0.3 is 0 Å². The molecule has 1 aromatic rings. The molecule has 0 heterocycles. The minimum Gasteiger partial charge on any atom is -0.493 e. The second-order valence-electron chi connectivity index (χ2n) is 4.14. The quantitative estimate of drug-likeness (QED) is 0.709. The lowest BCUT2D eigenvalue weighted by Gasteiger charge is -2.16. The molecular formula is C14H21NO2. The molecule has 1 amide bonds. The summed E-state index contributed by atoms with van der Waals surface area (Å²) in [6, 6.07) is 7.96. The van der Waals surface area contributed by atoms with Gasteiger partial charge in [0, 0.05) is 20.0 Å². The maximum Gasteiger partial charge on any atom is 0.222 e. The predicted molar refractivity (Wildman–Crippen MR) is 69.2 cm³/mol. The number of para-hydroxylation sites is 1. The summed E-state index contributed by atoms with van der Waals surface area (Å²) in [5.74, 6) is 1.11. The van der Waals surface area contributed by atoms with Crippen LogP contribution in [-0.2, 0) is 4.79 Å². The first-order valence-electron chi connectivity index (χ1n) is 6.07. The highest BCUT2D eigenvalue weighted by Gasteiger charge is 2.05. The van der Waals surface area contributed by atoms with E-state index < -0.39 is 0 Å². The zero-order valence-corrected chi connectivity index (χ0v) is 10.9. The molecule has 0 aliphatic heterocycles. The van der Waals surface area contributed by atoms with Crippen LogP contribution in [0.1, 0.15) is 25.3 Å². The largest absolute Gasteiger partial charge is 0.493 e. The van der Waals surface area contributed by atoms with Gasteiger partial charge in [-0.3, -0.25) is 4.79 Å². The Labute approximate surface area is 103 Å². The van der Waals surface area contributed by atoms with E-state index in [0.717, 1.165) is 24.3 Å². The fourth-order valence-corrected chi connectivity index (χ4v) is 1.60. The molecule has 0 fully saturated rings. The summed E-state index contributed by atoms with van der Waals surface area (Å²) < 4.78 is 5.66. The Kier molecular flexibility index (Phi) is 5.53. The molecule has 0 unspecified atom stereocenters.